The van der Waals surface area contributed by atoms with E-state index in [2.05, 4.69) is 9.97 Å². The first-order chi connectivity index (χ1) is 8.13. The number of carbonyl (C=O) groups excluding carboxylic acids is 1. The number of halogens is 1. The number of hydrogen-bond acceptors (Lipinski definition) is 6. The van der Waals surface area contributed by atoms with Crippen LogP contribution in [0.1, 0.15) is 17.3 Å². The van der Waals surface area contributed by atoms with Crippen LogP contribution in [0.25, 0.3) is 11.1 Å². The van der Waals surface area contributed by atoms with E-state index in [-0.39, 0.29) is 28.4 Å². The Labute approximate surface area is 100 Å². The van der Waals surface area contributed by atoms with Gasteiger partial charge in [-0.05, 0) is 13.0 Å². The third-order valence-corrected chi connectivity index (χ3v) is 2.29. The van der Waals surface area contributed by atoms with Crippen molar-refractivity contribution in [1.29, 1.82) is 0 Å². The Bertz CT molecular complexity index is 638. The highest BCUT2D eigenvalue weighted by atomic mass is 35.5. The molecule has 2 rings (SSSR count). The van der Waals surface area contributed by atoms with Crippen LogP contribution in [0.5, 0.6) is 0 Å². The molecule has 0 fully saturated rings. The van der Waals surface area contributed by atoms with Crippen molar-refractivity contribution in [2.45, 2.75) is 6.92 Å². The normalized spacial score (nSPS) is 10.5. The lowest BCUT2D eigenvalue weighted by atomic mass is 10.2. The van der Waals surface area contributed by atoms with E-state index in [1.165, 1.54) is 6.07 Å². The van der Waals surface area contributed by atoms with Gasteiger partial charge in [-0.2, -0.15) is 0 Å². The van der Waals surface area contributed by atoms with Crippen LogP contribution in [-0.4, -0.2) is 22.5 Å². The van der Waals surface area contributed by atoms with Gasteiger partial charge in [0.1, 0.15) is 17.0 Å². The quantitative estimate of drug-likeness (QED) is 0.595. The first-order valence-electron chi connectivity index (χ1n) is 4.75. The molecule has 0 saturated carbocycles. The van der Waals surface area contributed by atoms with E-state index >= 15 is 0 Å². The van der Waals surface area contributed by atoms with Gasteiger partial charge in [-0.25, -0.2) is 19.6 Å². The Kier molecular flexibility index (Phi) is 3.06. The summed E-state index contributed by atoms with van der Waals surface area (Å²) in [5, 5.41) is 0.390. The van der Waals surface area contributed by atoms with Crippen LogP contribution < -0.4 is 5.63 Å². The van der Waals surface area contributed by atoms with E-state index in [9.17, 15) is 9.59 Å². The second kappa shape index (κ2) is 4.50. The molecule has 0 atom stereocenters. The van der Waals surface area contributed by atoms with Crippen LogP contribution in [-0.2, 0) is 4.74 Å². The third kappa shape index (κ3) is 2.12. The number of carbonyl (C=O) groups is 1. The number of esters is 1. The van der Waals surface area contributed by atoms with Crippen molar-refractivity contribution in [2.24, 2.45) is 0 Å². The van der Waals surface area contributed by atoms with Crippen LogP contribution in [0.3, 0.4) is 0 Å². The van der Waals surface area contributed by atoms with Crippen molar-refractivity contribution in [3.8, 4) is 0 Å². The summed E-state index contributed by atoms with van der Waals surface area (Å²) in [6.45, 7) is 1.80. The van der Waals surface area contributed by atoms with Gasteiger partial charge in [0.15, 0.2) is 0 Å². The predicted molar refractivity (Wildman–Crippen MR) is 59.0 cm³/mol. The molecule has 0 saturated heterocycles. The molecule has 17 heavy (non-hydrogen) atoms. The van der Waals surface area contributed by atoms with Crippen LogP contribution in [0.4, 0.5) is 0 Å². The Balaban J connectivity index is 2.66. The lowest BCUT2D eigenvalue weighted by molar-refractivity contribution is 0.0522. The van der Waals surface area contributed by atoms with Gasteiger partial charge >= 0.3 is 11.6 Å². The molecule has 0 amide bonds. The average Bonchev–Trinajstić information content (AvgIpc) is 2.29. The van der Waals surface area contributed by atoms with Crippen molar-refractivity contribution in [2.75, 3.05) is 6.61 Å². The molecule has 0 aliphatic rings. The molecule has 0 unspecified atom stereocenters. The van der Waals surface area contributed by atoms with Crippen LogP contribution in [0.15, 0.2) is 21.6 Å². The highest BCUT2D eigenvalue weighted by Crippen LogP contribution is 2.18. The number of fused-ring (bicyclic) bond motifs is 1. The zero-order valence-corrected chi connectivity index (χ0v) is 9.52. The lowest BCUT2D eigenvalue weighted by Gasteiger charge is -2.01. The number of aromatic nitrogens is 2. The fourth-order valence-corrected chi connectivity index (χ4v) is 1.44. The Morgan fingerprint density at radius 3 is 3.00 bits per heavy atom. The molecule has 0 N–H and O–H groups in total. The number of rotatable bonds is 2. The smallest absolute Gasteiger partial charge is 0.352 e. The Morgan fingerprint density at radius 2 is 2.29 bits per heavy atom. The molecule has 2 heterocycles. The summed E-state index contributed by atoms with van der Waals surface area (Å²) < 4.78 is 9.56. The average molecular weight is 255 g/mol. The summed E-state index contributed by atoms with van der Waals surface area (Å²) in [6, 6.07) is 1.27. The molecule has 0 aromatic carbocycles. The van der Waals surface area contributed by atoms with E-state index in [1.807, 2.05) is 0 Å². The van der Waals surface area contributed by atoms with Gasteiger partial charge < -0.3 is 9.15 Å². The van der Waals surface area contributed by atoms with Crippen molar-refractivity contribution < 1.29 is 13.9 Å². The Morgan fingerprint density at radius 1 is 1.53 bits per heavy atom. The summed E-state index contributed by atoms with van der Waals surface area (Å²) in [6.07, 6.45) is 1.16. The summed E-state index contributed by atoms with van der Waals surface area (Å²) >= 11 is 5.80. The molecule has 2 aromatic rings. The van der Waals surface area contributed by atoms with Gasteiger partial charge in [0.25, 0.3) is 0 Å². The molecule has 7 heteroatoms. The monoisotopic (exact) mass is 254 g/mol. The van der Waals surface area contributed by atoms with Crippen LogP contribution in [0, 0.1) is 0 Å². The van der Waals surface area contributed by atoms with Crippen molar-refractivity contribution in [3.05, 3.63) is 33.5 Å². The van der Waals surface area contributed by atoms with Gasteiger partial charge in [-0.15, -0.1) is 0 Å². The lowest BCUT2D eigenvalue weighted by Crippen LogP contribution is -2.16. The summed E-state index contributed by atoms with van der Waals surface area (Å²) in [4.78, 5) is 30.4. The van der Waals surface area contributed by atoms with Crippen molar-refractivity contribution in [1.82, 2.24) is 9.97 Å². The van der Waals surface area contributed by atoms with Crippen molar-refractivity contribution in [3.63, 3.8) is 0 Å². The largest absolute Gasteiger partial charge is 0.462 e. The minimum Gasteiger partial charge on any atom is -0.462 e. The second-order valence-electron chi connectivity index (χ2n) is 3.05. The van der Waals surface area contributed by atoms with E-state index in [1.54, 1.807) is 6.92 Å². The molecule has 6 nitrogen and oxygen atoms in total. The third-order valence-electron chi connectivity index (χ3n) is 1.99. The van der Waals surface area contributed by atoms with Gasteiger partial charge in [0.05, 0.1) is 12.0 Å². The fraction of sp³-hybridized carbons (Fsp3) is 0.200. The highest BCUT2D eigenvalue weighted by Gasteiger charge is 2.16. The molecule has 0 aliphatic heterocycles. The fourth-order valence-electron chi connectivity index (χ4n) is 1.26. The molecular weight excluding hydrogens is 248 g/mol. The maximum atomic E-state index is 11.5. The molecule has 0 spiro atoms. The Hall–Kier alpha value is -1.95. The van der Waals surface area contributed by atoms with Crippen LogP contribution in [0.2, 0.25) is 5.15 Å². The summed E-state index contributed by atoms with van der Waals surface area (Å²) in [5.41, 5.74) is -1.01. The van der Waals surface area contributed by atoms with E-state index in [0.717, 1.165) is 6.33 Å². The van der Waals surface area contributed by atoms with Gasteiger partial charge in [-0.3, -0.25) is 0 Å². The zero-order valence-electron chi connectivity index (χ0n) is 8.77. The first kappa shape index (κ1) is 11.5. The molecule has 0 aliphatic carbocycles. The number of ether oxygens (including phenoxy) is 1. The topological polar surface area (TPSA) is 82.3 Å². The summed E-state index contributed by atoms with van der Waals surface area (Å²) in [7, 11) is 0. The molecule has 0 radical (unpaired) electrons. The van der Waals surface area contributed by atoms with E-state index in [0.29, 0.717) is 0 Å². The minimum absolute atomic E-state index is 0.0306. The van der Waals surface area contributed by atoms with Gasteiger partial charge in [0.2, 0.25) is 5.71 Å². The zero-order chi connectivity index (χ0) is 12.4. The highest BCUT2D eigenvalue weighted by molar-refractivity contribution is 6.33. The number of nitrogens with zero attached hydrogens (tertiary/aromatic N) is 2. The van der Waals surface area contributed by atoms with Gasteiger partial charge in [0, 0.05) is 0 Å². The summed E-state index contributed by atoms with van der Waals surface area (Å²) in [5.74, 6) is -0.761. The standard InChI is InChI=1S/C10H7ClN2O4/c1-2-16-9(14)6-3-5-7(11)12-4-13-8(5)17-10(6)15/h3-4H,2H2,1H3. The molecule has 0 bridgehead atoms. The molecule has 88 valence electrons. The first-order valence-corrected chi connectivity index (χ1v) is 5.12. The minimum atomic E-state index is -0.814. The molecule has 2 aromatic heterocycles. The van der Waals surface area contributed by atoms with Gasteiger partial charge in [-0.1, -0.05) is 11.6 Å². The van der Waals surface area contributed by atoms with Crippen molar-refractivity contribution >= 4 is 28.7 Å². The number of hydrogen-bond donors (Lipinski definition) is 0. The van der Waals surface area contributed by atoms with E-state index in [4.69, 9.17) is 20.8 Å². The SMILES string of the molecule is CCOC(=O)c1cc2c(Cl)ncnc2oc1=O. The van der Waals surface area contributed by atoms with E-state index < -0.39 is 11.6 Å². The predicted octanol–water partition coefficient (Wildman–Crippen LogP) is 1.41. The van der Waals surface area contributed by atoms with Crippen LogP contribution >= 0.6 is 11.6 Å². The molecular formula is C10H7ClN2O4. The maximum Gasteiger partial charge on any atom is 0.352 e. The second-order valence-corrected chi connectivity index (χ2v) is 3.41. The maximum absolute atomic E-state index is 11.5.